The molecule has 4 heteroatoms. The number of amides is 2. The molecule has 0 saturated carbocycles. The number of piperidine rings is 1. The van der Waals surface area contributed by atoms with Crippen LogP contribution in [-0.4, -0.2) is 36.3 Å². The van der Waals surface area contributed by atoms with Gasteiger partial charge in [0.15, 0.2) is 0 Å². The summed E-state index contributed by atoms with van der Waals surface area (Å²) in [6.07, 6.45) is 3.08. The molecular weight excluding hydrogens is 228 g/mol. The third kappa shape index (κ3) is 5.52. The summed E-state index contributed by atoms with van der Waals surface area (Å²) in [5.41, 5.74) is 0. The largest absolute Gasteiger partial charge is 0.356 e. The molecule has 0 atom stereocenters. The Morgan fingerprint density at radius 3 is 2.44 bits per heavy atom. The Balaban J connectivity index is 2.21. The first kappa shape index (κ1) is 15.0. The highest BCUT2D eigenvalue weighted by atomic mass is 16.2. The molecule has 0 aromatic rings. The molecule has 1 saturated heterocycles. The molecular formula is C14H26N2O2. The summed E-state index contributed by atoms with van der Waals surface area (Å²) in [5, 5.41) is 2.81. The summed E-state index contributed by atoms with van der Waals surface area (Å²) in [6.45, 7) is 8.72. The summed E-state index contributed by atoms with van der Waals surface area (Å²) in [4.78, 5) is 25.3. The first-order valence-corrected chi connectivity index (χ1v) is 7.03. The van der Waals surface area contributed by atoms with Crippen LogP contribution >= 0.6 is 0 Å². The van der Waals surface area contributed by atoms with Crippen LogP contribution in [0.25, 0.3) is 0 Å². The molecule has 0 unspecified atom stereocenters. The van der Waals surface area contributed by atoms with Gasteiger partial charge >= 0.3 is 0 Å². The maximum Gasteiger partial charge on any atom is 0.232 e. The van der Waals surface area contributed by atoms with Gasteiger partial charge in [-0.05, 0) is 31.1 Å². The minimum atomic E-state index is -0.140. The second-order valence-corrected chi connectivity index (χ2v) is 5.77. The van der Waals surface area contributed by atoms with E-state index in [1.165, 1.54) is 0 Å². The second-order valence-electron chi connectivity index (χ2n) is 5.77. The molecule has 1 aliphatic heterocycles. The van der Waals surface area contributed by atoms with E-state index in [1.54, 1.807) is 0 Å². The lowest BCUT2D eigenvalue weighted by atomic mass is 9.99. The normalized spacial score (nSPS) is 17.0. The topological polar surface area (TPSA) is 49.4 Å². The van der Waals surface area contributed by atoms with Crippen molar-refractivity contribution in [2.45, 2.75) is 46.5 Å². The minimum Gasteiger partial charge on any atom is -0.356 e. The van der Waals surface area contributed by atoms with Crippen molar-refractivity contribution in [1.82, 2.24) is 10.2 Å². The molecule has 1 aliphatic rings. The molecule has 1 rings (SSSR count). The Hall–Kier alpha value is -1.06. The van der Waals surface area contributed by atoms with Crippen LogP contribution in [0.4, 0.5) is 0 Å². The lowest BCUT2D eigenvalue weighted by Crippen LogP contribution is -2.40. The van der Waals surface area contributed by atoms with Crippen LogP contribution in [0.15, 0.2) is 0 Å². The number of likely N-dealkylation sites (tertiary alicyclic amines) is 1. The van der Waals surface area contributed by atoms with Gasteiger partial charge in [0.2, 0.25) is 11.8 Å². The molecule has 18 heavy (non-hydrogen) atoms. The fourth-order valence-corrected chi connectivity index (χ4v) is 2.07. The number of hydrogen-bond acceptors (Lipinski definition) is 2. The predicted molar refractivity (Wildman–Crippen MR) is 72.1 cm³/mol. The molecule has 1 heterocycles. The smallest absolute Gasteiger partial charge is 0.232 e. The predicted octanol–water partition coefficient (Wildman–Crippen LogP) is 1.80. The molecule has 4 nitrogen and oxygen atoms in total. The highest BCUT2D eigenvalue weighted by Crippen LogP contribution is 2.16. The second kappa shape index (κ2) is 7.39. The van der Waals surface area contributed by atoms with E-state index < -0.39 is 0 Å². The number of nitrogens with one attached hydrogen (secondary N) is 1. The first-order chi connectivity index (χ1) is 8.49. The Bertz CT molecular complexity index is 282. The fourth-order valence-electron chi connectivity index (χ4n) is 2.07. The van der Waals surface area contributed by atoms with Crippen LogP contribution < -0.4 is 5.32 Å². The van der Waals surface area contributed by atoms with Crippen molar-refractivity contribution < 1.29 is 9.59 Å². The molecule has 0 radical (unpaired) electrons. The first-order valence-electron chi connectivity index (χ1n) is 7.03. The maximum atomic E-state index is 11.9. The molecule has 0 spiro atoms. The van der Waals surface area contributed by atoms with Crippen LogP contribution in [0.1, 0.15) is 46.5 Å². The highest BCUT2D eigenvalue weighted by molar-refractivity contribution is 5.96. The molecule has 0 aromatic heterocycles. The van der Waals surface area contributed by atoms with E-state index in [2.05, 4.69) is 26.1 Å². The summed E-state index contributed by atoms with van der Waals surface area (Å²) in [6, 6.07) is 0. The van der Waals surface area contributed by atoms with Crippen LogP contribution in [0, 0.1) is 11.8 Å². The Kier molecular flexibility index (Phi) is 6.16. The number of carbonyl (C=O) groups is 2. The van der Waals surface area contributed by atoms with Gasteiger partial charge in [0.1, 0.15) is 6.42 Å². The summed E-state index contributed by atoms with van der Waals surface area (Å²) >= 11 is 0. The lowest BCUT2D eigenvalue weighted by Gasteiger charge is -2.30. The van der Waals surface area contributed by atoms with E-state index in [1.807, 2.05) is 4.90 Å². The molecule has 104 valence electrons. The van der Waals surface area contributed by atoms with E-state index in [9.17, 15) is 9.59 Å². The van der Waals surface area contributed by atoms with E-state index in [0.717, 1.165) is 32.4 Å². The van der Waals surface area contributed by atoms with Gasteiger partial charge in [0.05, 0.1) is 0 Å². The van der Waals surface area contributed by atoms with E-state index in [-0.39, 0.29) is 18.2 Å². The van der Waals surface area contributed by atoms with Crippen molar-refractivity contribution in [2.75, 3.05) is 19.6 Å². The summed E-state index contributed by atoms with van der Waals surface area (Å²) < 4.78 is 0. The Labute approximate surface area is 110 Å². The van der Waals surface area contributed by atoms with Crippen molar-refractivity contribution in [3.63, 3.8) is 0 Å². The molecule has 1 fully saturated rings. The lowest BCUT2D eigenvalue weighted by molar-refractivity contribution is -0.137. The molecule has 2 amide bonds. The van der Waals surface area contributed by atoms with Crippen LogP contribution in [0.5, 0.6) is 0 Å². The van der Waals surface area contributed by atoms with E-state index >= 15 is 0 Å². The fraction of sp³-hybridized carbons (Fsp3) is 0.857. The minimum absolute atomic E-state index is 0.00642. The quantitative estimate of drug-likeness (QED) is 0.761. The Morgan fingerprint density at radius 2 is 1.89 bits per heavy atom. The molecule has 1 N–H and O–H groups in total. The van der Waals surface area contributed by atoms with Gasteiger partial charge in [-0.1, -0.05) is 20.8 Å². The van der Waals surface area contributed by atoms with Gasteiger partial charge in [0.25, 0.3) is 0 Å². The van der Waals surface area contributed by atoms with Crippen molar-refractivity contribution in [3.8, 4) is 0 Å². The van der Waals surface area contributed by atoms with Gasteiger partial charge < -0.3 is 10.2 Å². The standard InChI is InChI=1S/C14H26N2O2/c1-11(2)4-7-15-13(17)10-14(18)16-8-5-12(3)6-9-16/h11-12H,4-10H2,1-3H3,(H,15,17). The monoisotopic (exact) mass is 254 g/mol. The van der Waals surface area contributed by atoms with Gasteiger partial charge in [0, 0.05) is 19.6 Å². The number of carbonyl (C=O) groups excluding carboxylic acids is 2. The third-order valence-corrected chi connectivity index (χ3v) is 3.49. The van der Waals surface area contributed by atoms with E-state index in [4.69, 9.17) is 0 Å². The van der Waals surface area contributed by atoms with Crippen molar-refractivity contribution in [3.05, 3.63) is 0 Å². The van der Waals surface area contributed by atoms with E-state index in [0.29, 0.717) is 18.4 Å². The summed E-state index contributed by atoms with van der Waals surface area (Å²) in [5.74, 6) is 1.11. The van der Waals surface area contributed by atoms with Crippen LogP contribution in [0.3, 0.4) is 0 Å². The van der Waals surface area contributed by atoms with Crippen LogP contribution in [0.2, 0.25) is 0 Å². The SMILES string of the molecule is CC(C)CCNC(=O)CC(=O)N1CCC(C)CC1. The van der Waals surface area contributed by atoms with Gasteiger partial charge in [-0.25, -0.2) is 0 Å². The van der Waals surface area contributed by atoms with Crippen molar-refractivity contribution in [1.29, 1.82) is 0 Å². The number of rotatable bonds is 5. The van der Waals surface area contributed by atoms with Crippen molar-refractivity contribution in [2.24, 2.45) is 11.8 Å². The van der Waals surface area contributed by atoms with Crippen LogP contribution in [-0.2, 0) is 9.59 Å². The molecule has 0 bridgehead atoms. The molecule has 0 aromatic carbocycles. The zero-order valence-corrected chi connectivity index (χ0v) is 11.9. The number of nitrogens with zero attached hydrogens (tertiary/aromatic N) is 1. The summed E-state index contributed by atoms with van der Waals surface area (Å²) in [7, 11) is 0. The highest BCUT2D eigenvalue weighted by Gasteiger charge is 2.21. The zero-order valence-electron chi connectivity index (χ0n) is 11.9. The van der Waals surface area contributed by atoms with Gasteiger partial charge in [-0.2, -0.15) is 0 Å². The van der Waals surface area contributed by atoms with Gasteiger partial charge in [-0.15, -0.1) is 0 Å². The Morgan fingerprint density at radius 1 is 1.28 bits per heavy atom. The average Bonchev–Trinajstić information content (AvgIpc) is 2.29. The number of hydrogen-bond donors (Lipinski definition) is 1. The van der Waals surface area contributed by atoms with Crippen molar-refractivity contribution >= 4 is 11.8 Å². The maximum absolute atomic E-state index is 11.9. The average molecular weight is 254 g/mol. The zero-order chi connectivity index (χ0) is 13.5. The third-order valence-electron chi connectivity index (χ3n) is 3.49. The van der Waals surface area contributed by atoms with Gasteiger partial charge in [-0.3, -0.25) is 9.59 Å². The molecule has 0 aliphatic carbocycles.